The number of halogens is 2. The summed E-state index contributed by atoms with van der Waals surface area (Å²) in [4.78, 5) is 35.2. The zero-order valence-electron chi connectivity index (χ0n) is 27.4. The highest BCUT2D eigenvalue weighted by molar-refractivity contribution is 5.80. The van der Waals surface area contributed by atoms with Crippen LogP contribution in [0.15, 0.2) is 0 Å². The van der Waals surface area contributed by atoms with Gasteiger partial charge in [0.1, 0.15) is 12.3 Å². The number of nitrogens with one attached hydrogen (secondary N) is 4. The van der Waals surface area contributed by atoms with Crippen molar-refractivity contribution >= 4 is 11.9 Å². The van der Waals surface area contributed by atoms with Crippen LogP contribution in [-0.4, -0.2) is 153 Å². The third-order valence-corrected chi connectivity index (χ3v) is 10.4. The number of hydrogen-bond acceptors (Lipinski definition) is 8. The molecule has 4 saturated heterocycles. The lowest BCUT2D eigenvalue weighted by atomic mass is 9.86. The number of carbonyl (C=O) groups is 2. The Kier molecular flexibility index (Phi) is 13.4. The average molecular weight is 628 g/mol. The Morgan fingerprint density at radius 3 is 2.25 bits per heavy atom. The number of rotatable bonds is 7. The quantitative estimate of drug-likeness (QED) is 0.278. The summed E-state index contributed by atoms with van der Waals surface area (Å²) in [6, 6.07) is -1.26. The SMILES string of the molecule is CCCC(CC)C1CCC(F)CNC(C)C(C(=O)NC2CNCC(F)C2N2CCN(C(=O)N3CCN(C)CC3)CC2)C(N)N1. The van der Waals surface area contributed by atoms with Gasteiger partial charge in [-0.05, 0) is 39.2 Å². The zero-order chi connectivity index (χ0) is 31.8. The number of piperazine rings is 2. The highest BCUT2D eigenvalue weighted by atomic mass is 19.1. The van der Waals surface area contributed by atoms with Gasteiger partial charge in [-0.25, -0.2) is 13.6 Å². The van der Waals surface area contributed by atoms with Crippen LogP contribution < -0.4 is 27.0 Å². The fourth-order valence-corrected chi connectivity index (χ4v) is 7.65. The van der Waals surface area contributed by atoms with Gasteiger partial charge >= 0.3 is 6.03 Å². The molecule has 4 aliphatic heterocycles. The maximum Gasteiger partial charge on any atom is 0.320 e. The molecule has 4 fully saturated rings. The van der Waals surface area contributed by atoms with Crippen molar-refractivity contribution in [2.45, 2.75) is 95.6 Å². The maximum atomic E-state index is 15.6. The number of nitrogens with two attached hydrogens (primary N) is 1. The third kappa shape index (κ3) is 9.00. The van der Waals surface area contributed by atoms with E-state index in [2.05, 4.69) is 52.0 Å². The van der Waals surface area contributed by atoms with Crippen molar-refractivity contribution in [2.24, 2.45) is 17.6 Å². The Hall–Kier alpha value is -1.64. The second kappa shape index (κ2) is 16.8. The molecule has 13 heteroatoms. The molecule has 9 atom stereocenters. The molecule has 44 heavy (non-hydrogen) atoms. The van der Waals surface area contributed by atoms with E-state index in [0.717, 1.165) is 45.4 Å². The van der Waals surface area contributed by atoms with Crippen LogP contribution in [0.2, 0.25) is 0 Å². The Morgan fingerprint density at radius 1 is 0.955 bits per heavy atom. The lowest BCUT2D eigenvalue weighted by Gasteiger charge is -2.47. The molecule has 3 amide bonds. The average Bonchev–Trinajstić information content (AvgIpc) is 3.01. The van der Waals surface area contributed by atoms with Crippen molar-refractivity contribution in [3.05, 3.63) is 0 Å². The van der Waals surface area contributed by atoms with E-state index in [1.54, 1.807) is 0 Å². The van der Waals surface area contributed by atoms with E-state index in [-0.39, 0.29) is 37.1 Å². The number of piperidine rings is 1. The second-order valence-electron chi connectivity index (χ2n) is 13.5. The fraction of sp³-hybridized carbons (Fsp3) is 0.935. The van der Waals surface area contributed by atoms with Crippen molar-refractivity contribution in [1.29, 1.82) is 0 Å². The summed E-state index contributed by atoms with van der Waals surface area (Å²) in [6.45, 7) is 12.4. The van der Waals surface area contributed by atoms with Crippen LogP contribution in [0.5, 0.6) is 0 Å². The van der Waals surface area contributed by atoms with Crippen molar-refractivity contribution in [3.63, 3.8) is 0 Å². The predicted octanol–water partition coefficient (Wildman–Crippen LogP) is 0.562. The van der Waals surface area contributed by atoms with Crippen LogP contribution in [-0.2, 0) is 4.79 Å². The molecule has 11 nitrogen and oxygen atoms in total. The van der Waals surface area contributed by atoms with Crippen LogP contribution in [0.4, 0.5) is 13.6 Å². The molecule has 4 heterocycles. The third-order valence-electron chi connectivity index (χ3n) is 10.4. The first-order valence-electron chi connectivity index (χ1n) is 17.1. The van der Waals surface area contributed by atoms with Gasteiger partial charge in [-0.2, -0.15) is 0 Å². The lowest BCUT2D eigenvalue weighted by molar-refractivity contribution is -0.129. The zero-order valence-corrected chi connectivity index (χ0v) is 27.4. The van der Waals surface area contributed by atoms with Crippen LogP contribution in [0.1, 0.15) is 52.9 Å². The van der Waals surface area contributed by atoms with E-state index >= 15 is 4.39 Å². The van der Waals surface area contributed by atoms with E-state index in [0.29, 0.717) is 51.5 Å². The first-order valence-corrected chi connectivity index (χ1v) is 17.1. The summed E-state index contributed by atoms with van der Waals surface area (Å²) in [5, 5.41) is 13.1. The van der Waals surface area contributed by atoms with Gasteiger partial charge in [-0.15, -0.1) is 0 Å². The van der Waals surface area contributed by atoms with Crippen LogP contribution in [0, 0.1) is 11.8 Å². The molecule has 0 saturated carbocycles. The summed E-state index contributed by atoms with van der Waals surface area (Å²) >= 11 is 0. The molecule has 0 spiro atoms. The highest BCUT2D eigenvalue weighted by Gasteiger charge is 2.43. The Balaban J connectivity index is 1.41. The van der Waals surface area contributed by atoms with E-state index in [9.17, 15) is 14.0 Å². The van der Waals surface area contributed by atoms with Gasteiger partial charge < -0.3 is 36.4 Å². The van der Waals surface area contributed by atoms with Crippen molar-refractivity contribution in [1.82, 2.24) is 40.9 Å². The highest BCUT2D eigenvalue weighted by Crippen LogP contribution is 2.24. The normalized spacial score (nSPS) is 36.1. The molecular formula is C31H59F2N9O2. The van der Waals surface area contributed by atoms with Gasteiger partial charge in [0.05, 0.1) is 24.2 Å². The molecule has 9 unspecified atom stereocenters. The van der Waals surface area contributed by atoms with E-state index < -0.39 is 36.5 Å². The Bertz CT molecular complexity index is 903. The number of alkyl halides is 2. The van der Waals surface area contributed by atoms with Crippen molar-refractivity contribution in [3.8, 4) is 0 Å². The first kappa shape index (κ1) is 35.2. The monoisotopic (exact) mass is 627 g/mol. The largest absolute Gasteiger partial charge is 0.350 e. The molecule has 0 radical (unpaired) electrons. The molecule has 6 N–H and O–H groups in total. The van der Waals surface area contributed by atoms with Gasteiger partial charge in [0.25, 0.3) is 0 Å². The van der Waals surface area contributed by atoms with E-state index in [4.69, 9.17) is 5.73 Å². The van der Waals surface area contributed by atoms with Gasteiger partial charge in [0.2, 0.25) is 5.91 Å². The van der Waals surface area contributed by atoms with E-state index in [1.165, 1.54) is 0 Å². The van der Waals surface area contributed by atoms with Crippen molar-refractivity contribution < 1.29 is 18.4 Å². The summed E-state index contributed by atoms with van der Waals surface area (Å²) in [5.41, 5.74) is 6.75. The molecule has 0 aromatic heterocycles. The number of urea groups is 1. The fourth-order valence-electron chi connectivity index (χ4n) is 7.65. The standard InChI is InChI=1S/C31H59F2N9O2/c1-5-7-22(6-2)25-9-8-23(32)18-36-21(3)27(29(34)37-25)30(43)38-26-20-35-19-24(33)28(26)40-14-16-42(17-15-40)31(44)41-12-10-39(4)11-13-41/h21-29,35-37H,5-20,34H2,1-4H3,(H,38,43). The molecular weight excluding hydrogens is 568 g/mol. The molecule has 0 aromatic rings. The molecule has 0 aromatic carbocycles. The minimum Gasteiger partial charge on any atom is -0.350 e. The number of carbonyl (C=O) groups excluding carboxylic acids is 2. The van der Waals surface area contributed by atoms with Crippen molar-refractivity contribution in [2.75, 3.05) is 79.0 Å². The van der Waals surface area contributed by atoms with Gasteiger partial charge in [-0.1, -0.05) is 26.7 Å². The molecule has 4 rings (SSSR count). The topological polar surface area (TPSA) is 121 Å². The van der Waals surface area contributed by atoms with Gasteiger partial charge in [0, 0.05) is 84.1 Å². The van der Waals surface area contributed by atoms with Crippen LogP contribution in [0.25, 0.3) is 0 Å². The summed E-state index contributed by atoms with van der Waals surface area (Å²) in [7, 11) is 2.06. The number of amides is 3. The van der Waals surface area contributed by atoms with Crippen LogP contribution in [0.3, 0.4) is 0 Å². The maximum absolute atomic E-state index is 15.6. The minimum atomic E-state index is -1.17. The predicted molar refractivity (Wildman–Crippen MR) is 170 cm³/mol. The number of nitrogens with zero attached hydrogens (tertiary/aromatic N) is 4. The lowest BCUT2D eigenvalue weighted by Crippen LogP contribution is -2.69. The molecule has 0 bridgehead atoms. The molecule has 4 aliphatic rings. The first-order chi connectivity index (χ1) is 21.1. The van der Waals surface area contributed by atoms with Gasteiger partial charge in [0.15, 0.2) is 0 Å². The summed E-state index contributed by atoms with van der Waals surface area (Å²) in [5.74, 6) is -0.565. The van der Waals surface area contributed by atoms with Gasteiger partial charge in [-0.3, -0.25) is 15.0 Å². The summed E-state index contributed by atoms with van der Waals surface area (Å²) < 4.78 is 30.4. The smallest absolute Gasteiger partial charge is 0.320 e. The Morgan fingerprint density at radius 2 is 1.61 bits per heavy atom. The molecule has 254 valence electrons. The van der Waals surface area contributed by atoms with E-state index in [1.807, 2.05) is 16.7 Å². The minimum absolute atomic E-state index is 0.0259. The van der Waals surface area contributed by atoms with Crippen LogP contribution >= 0.6 is 0 Å². The Labute approximate surface area is 263 Å². The second-order valence-corrected chi connectivity index (χ2v) is 13.5. The number of likely N-dealkylation sites (N-methyl/N-ethyl adjacent to an activating group) is 1. The molecule has 0 aliphatic carbocycles. The summed E-state index contributed by atoms with van der Waals surface area (Å²) in [6.07, 6.45) is 1.32. The number of hydrogen-bond donors (Lipinski definition) is 5.